The number of sulfone groups is 1. The van der Waals surface area contributed by atoms with Gasteiger partial charge < -0.3 is 14.8 Å². The number of benzene rings is 4. The van der Waals surface area contributed by atoms with Gasteiger partial charge in [-0.3, -0.25) is 14.4 Å². The van der Waals surface area contributed by atoms with E-state index >= 15 is 0 Å². The maximum absolute atomic E-state index is 13.1. The van der Waals surface area contributed by atoms with Crippen LogP contribution in [0.4, 0.5) is 11.4 Å². The van der Waals surface area contributed by atoms with Crippen LogP contribution in [0.5, 0.6) is 17.2 Å². The first kappa shape index (κ1) is 29.0. The van der Waals surface area contributed by atoms with Crippen molar-refractivity contribution >= 4 is 54.9 Å². The summed E-state index contributed by atoms with van der Waals surface area (Å²) in [5.74, 6) is -0.200. The summed E-state index contributed by atoms with van der Waals surface area (Å²) < 4.78 is 37.1. The van der Waals surface area contributed by atoms with Crippen molar-refractivity contribution in [1.29, 1.82) is 0 Å². The first-order valence-corrected chi connectivity index (χ1v) is 15.4. The van der Waals surface area contributed by atoms with Crippen molar-refractivity contribution in [2.24, 2.45) is 0 Å². The van der Waals surface area contributed by atoms with Crippen LogP contribution in [0.3, 0.4) is 0 Å². The maximum atomic E-state index is 13.1. The van der Waals surface area contributed by atoms with Gasteiger partial charge in [0, 0.05) is 16.6 Å². The van der Waals surface area contributed by atoms with Crippen LogP contribution in [-0.4, -0.2) is 38.5 Å². The Hall–Kier alpha value is -4.48. The van der Waals surface area contributed by atoms with Crippen molar-refractivity contribution < 1.29 is 32.3 Å². The second kappa shape index (κ2) is 12.2. The van der Waals surface area contributed by atoms with Gasteiger partial charge in [0.25, 0.3) is 11.8 Å². The molecule has 0 spiro atoms. The number of nitrogens with one attached hydrogen (secondary N) is 1. The smallest absolute Gasteiger partial charge is 0.266 e. The summed E-state index contributed by atoms with van der Waals surface area (Å²) in [6, 6.07) is 24.1. The minimum absolute atomic E-state index is 0.154. The lowest BCUT2D eigenvalue weighted by atomic mass is 10.1. The standard InChI is InChI=1S/C31H25BrN2O7S/c1-2-40-23-11-7-22(8-12-23)34-30(36)27-16-13-25(19-28(27)31(34)37)41-24-9-5-21(6-10-24)33-29(35)17-18-42(38,39)26-14-3-20(32)4-15-26/h3-16,19H,2,17-18H2,1H3,(H,33,35). The van der Waals surface area contributed by atoms with Gasteiger partial charge in [0.05, 0.1) is 34.1 Å². The molecule has 1 N–H and O–H groups in total. The first-order chi connectivity index (χ1) is 20.1. The van der Waals surface area contributed by atoms with Crippen molar-refractivity contribution in [2.75, 3.05) is 22.6 Å². The fraction of sp³-hybridized carbons (Fsp3) is 0.129. The number of amides is 3. The highest BCUT2D eigenvalue weighted by atomic mass is 79.9. The van der Waals surface area contributed by atoms with Gasteiger partial charge >= 0.3 is 0 Å². The molecule has 11 heteroatoms. The van der Waals surface area contributed by atoms with Gasteiger partial charge in [-0.05, 0) is 97.9 Å². The third kappa shape index (κ3) is 6.37. The third-order valence-electron chi connectivity index (χ3n) is 6.41. The van der Waals surface area contributed by atoms with E-state index in [0.29, 0.717) is 35.2 Å². The second-order valence-corrected chi connectivity index (χ2v) is 12.3. The van der Waals surface area contributed by atoms with Gasteiger partial charge in [-0.1, -0.05) is 15.9 Å². The predicted octanol–water partition coefficient (Wildman–Crippen LogP) is 6.24. The fourth-order valence-electron chi connectivity index (χ4n) is 4.33. The minimum atomic E-state index is -3.60. The van der Waals surface area contributed by atoms with Gasteiger partial charge in [0.2, 0.25) is 5.91 Å². The lowest BCUT2D eigenvalue weighted by molar-refractivity contribution is -0.115. The predicted molar refractivity (Wildman–Crippen MR) is 161 cm³/mol. The zero-order chi connectivity index (χ0) is 29.9. The Bertz CT molecular complexity index is 1750. The molecule has 9 nitrogen and oxygen atoms in total. The quantitative estimate of drug-likeness (QED) is 0.202. The number of carbonyl (C=O) groups is 3. The SMILES string of the molecule is CCOc1ccc(N2C(=O)c3ccc(Oc4ccc(NC(=O)CCS(=O)(=O)c5ccc(Br)cc5)cc4)cc3C2=O)cc1. The molecule has 42 heavy (non-hydrogen) atoms. The van der Waals surface area contributed by atoms with Gasteiger partial charge in [0.15, 0.2) is 9.84 Å². The summed E-state index contributed by atoms with van der Waals surface area (Å²) in [7, 11) is -3.60. The van der Waals surface area contributed by atoms with Crippen LogP contribution in [0.2, 0.25) is 0 Å². The monoisotopic (exact) mass is 648 g/mol. The molecule has 0 bridgehead atoms. The molecule has 3 amide bonds. The molecular formula is C31H25BrN2O7S. The summed E-state index contributed by atoms with van der Waals surface area (Å²) in [5, 5.41) is 2.68. The maximum Gasteiger partial charge on any atom is 0.266 e. The number of hydrogen-bond donors (Lipinski definition) is 1. The van der Waals surface area contributed by atoms with Crippen LogP contribution in [0, 0.1) is 0 Å². The Labute approximate surface area is 251 Å². The van der Waals surface area contributed by atoms with Gasteiger partial charge in [0.1, 0.15) is 17.2 Å². The van der Waals surface area contributed by atoms with E-state index < -0.39 is 27.6 Å². The average Bonchev–Trinajstić information content (AvgIpc) is 3.23. The Morgan fingerprint density at radius 2 is 1.43 bits per heavy atom. The molecule has 0 atom stereocenters. The Morgan fingerprint density at radius 1 is 0.810 bits per heavy atom. The third-order valence-corrected chi connectivity index (χ3v) is 8.67. The number of anilines is 2. The van der Waals surface area contributed by atoms with Crippen LogP contribution in [-0.2, 0) is 14.6 Å². The molecule has 1 aliphatic heterocycles. The number of nitrogens with zero attached hydrogens (tertiary/aromatic N) is 1. The zero-order valence-corrected chi connectivity index (χ0v) is 24.8. The Kier molecular flexibility index (Phi) is 8.41. The van der Waals surface area contributed by atoms with Crippen molar-refractivity contribution in [3.05, 3.63) is 107 Å². The molecule has 0 unspecified atom stereocenters. The molecular weight excluding hydrogens is 624 g/mol. The molecule has 5 rings (SSSR count). The summed E-state index contributed by atoms with van der Waals surface area (Å²) in [6.07, 6.45) is -0.202. The highest BCUT2D eigenvalue weighted by Gasteiger charge is 2.37. The zero-order valence-electron chi connectivity index (χ0n) is 22.4. The molecule has 0 saturated carbocycles. The van der Waals surface area contributed by atoms with E-state index in [1.54, 1.807) is 72.8 Å². The number of rotatable bonds is 10. The van der Waals surface area contributed by atoms with Crippen LogP contribution >= 0.6 is 15.9 Å². The normalized spacial score (nSPS) is 12.7. The topological polar surface area (TPSA) is 119 Å². The second-order valence-electron chi connectivity index (χ2n) is 9.28. The number of ether oxygens (including phenoxy) is 2. The molecule has 214 valence electrons. The summed E-state index contributed by atoms with van der Waals surface area (Å²) in [6.45, 7) is 2.38. The number of hydrogen-bond acceptors (Lipinski definition) is 7. The van der Waals surface area contributed by atoms with Crippen molar-refractivity contribution in [1.82, 2.24) is 0 Å². The lowest BCUT2D eigenvalue weighted by Crippen LogP contribution is -2.29. The number of imide groups is 1. The van der Waals surface area contributed by atoms with E-state index in [4.69, 9.17) is 9.47 Å². The van der Waals surface area contributed by atoms with E-state index in [2.05, 4.69) is 21.2 Å². The molecule has 4 aromatic rings. The van der Waals surface area contributed by atoms with Crippen LogP contribution in [0.1, 0.15) is 34.1 Å². The molecule has 0 radical (unpaired) electrons. The van der Waals surface area contributed by atoms with Crippen LogP contribution in [0.25, 0.3) is 0 Å². The molecule has 0 fully saturated rings. The van der Waals surface area contributed by atoms with Gasteiger partial charge in [-0.2, -0.15) is 0 Å². The van der Waals surface area contributed by atoms with Crippen LogP contribution < -0.4 is 19.7 Å². The Balaban J connectivity index is 1.19. The van der Waals surface area contributed by atoms with E-state index in [1.165, 1.54) is 18.2 Å². The fourth-order valence-corrected chi connectivity index (χ4v) is 5.83. The summed E-state index contributed by atoms with van der Waals surface area (Å²) in [4.78, 5) is 39.7. The molecule has 0 aromatic heterocycles. The molecule has 1 heterocycles. The molecule has 1 aliphatic rings. The summed E-state index contributed by atoms with van der Waals surface area (Å²) in [5.41, 5.74) is 1.42. The molecule has 0 aliphatic carbocycles. The molecule has 4 aromatic carbocycles. The van der Waals surface area contributed by atoms with Crippen molar-refractivity contribution in [2.45, 2.75) is 18.2 Å². The highest BCUT2D eigenvalue weighted by Crippen LogP contribution is 2.33. The van der Waals surface area contributed by atoms with Gasteiger partial charge in [-0.25, -0.2) is 13.3 Å². The minimum Gasteiger partial charge on any atom is -0.494 e. The van der Waals surface area contributed by atoms with Crippen molar-refractivity contribution in [3.63, 3.8) is 0 Å². The van der Waals surface area contributed by atoms with Crippen LogP contribution in [0.15, 0.2) is 100 Å². The van der Waals surface area contributed by atoms with E-state index in [0.717, 1.165) is 9.37 Å². The summed E-state index contributed by atoms with van der Waals surface area (Å²) >= 11 is 3.27. The van der Waals surface area contributed by atoms with E-state index in [9.17, 15) is 22.8 Å². The largest absolute Gasteiger partial charge is 0.494 e. The van der Waals surface area contributed by atoms with Gasteiger partial charge in [-0.15, -0.1) is 0 Å². The van der Waals surface area contributed by atoms with E-state index in [1.807, 2.05) is 6.92 Å². The van der Waals surface area contributed by atoms with E-state index in [-0.39, 0.29) is 28.2 Å². The highest BCUT2D eigenvalue weighted by molar-refractivity contribution is 9.10. The Morgan fingerprint density at radius 3 is 2.10 bits per heavy atom. The number of halogens is 1. The number of fused-ring (bicyclic) bond motifs is 1. The first-order valence-electron chi connectivity index (χ1n) is 13.0. The lowest BCUT2D eigenvalue weighted by Gasteiger charge is -2.14. The average molecular weight is 650 g/mol. The molecule has 0 saturated heterocycles. The number of carbonyl (C=O) groups excluding carboxylic acids is 3. The van der Waals surface area contributed by atoms with Crippen molar-refractivity contribution in [3.8, 4) is 17.2 Å².